The first-order chi connectivity index (χ1) is 10.3. The van der Waals surface area contributed by atoms with Crippen molar-refractivity contribution in [3.05, 3.63) is 47.2 Å². The van der Waals surface area contributed by atoms with Crippen LogP contribution in [0.25, 0.3) is 10.9 Å². The number of hydrogen-bond acceptors (Lipinski definition) is 5. The summed E-state index contributed by atoms with van der Waals surface area (Å²) in [7, 11) is 0. The topological polar surface area (TPSA) is 62.7 Å². The lowest BCUT2D eigenvalue weighted by molar-refractivity contribution is 1.08. The molecule has 21 heavy (non-hydrogen) atoms. The number of halogens is 1. The molecule has 6 heteroatoms. The summed E-state index contributed by atoms with van der Waals surface area (Å²) in [6, 6.07) is 9.97. The molecule has 2 N–H and O–H groups in total. The fourth-order valence-corrected chi connectivity index (χ4v) is 2.28. The van der Waals surface area contributed by atoms with E-state index in [2.05, 4.69) is 41.5 Å². The first-order valence-corrected chi connectivity index (χ1v) is 7.44. The molecule has 3 rings (SSSR count). The summed E-state index contributed by atoms with van der Waals surface area (Å²) in [5, 5.41) is 7.48. The number of nitrogens with one attached hydrogen (secondary N) is 2. The minimum Gasteiger partial charge on any atom is -0.354 e. The van der Waals surface area contributed by atoms with Gasteiger partial charge in [0.15, 0.2) is 0 Å². The van der Waals surface area contributed by atoms with E-state index in [1.54, 1.807) is 12.4 Å². The van der Waals surface area contributed by atoms with Crippen LogP contribution in [0, 0.1) is 0 Å². The maximum Gasteiger partial charge on any atom is 0.224 e. The van der Waals surface area contributed by atoms with Crippen molar-refractivity contribution < 1.29 is 0 Å². The molecule has 0 saturated heterocycles. The van der Waals surface area contributed by atoms with Gasteiger partial charge in [-0.05, 0) is 47.1 Å². The van der Waals surface area contributed by atoms with Gasteiger partial charge in [0.25, 0.3) is 0 Å². The van der Waals surface area contributed by atoms with E-state index in [1.165, 1.54) is 0 Å². The Bertz CT molecular complexity index is 775. The van der Waals surface area contributed by atoms with Gasteiger partial charge in [-0.3, -0.25) is 4.98 Å². The number of nitrogens with zero attached hydrogens (tertiary/aromatic N) is 3. The zero-order chi connectivity index (χ0) is 14.7. The molecule has 106 valence electrons. The molecule has 0 atom stereocenters. The predicted octanol–water partition coefficient (Wildman–Crippen LogP) is 3.96. The Hall–Kier alpha value is -2.21. The first-order valence-electron chi connectivity index (χ1n) is 6.64. The average Bonchev–Trinajstić information content (AvgIpc) is 2.51. The maximum absolute atomic E-state index is 4.44. The van der Waals surface area contributed by atoms with E-state index < -0.39 is 0 Å². The lowest BCUT2D eigenvalue weighted by atomic mass is 10.2. The van der Waals surface area contributed by atoms with E-state index in [9.17, 15) is 0 Å². The van der Waals surface area contributed by atoms with E-state index in [0.717, 1.165) is 33.4 Å². The van der Waals surface area contributed by atoms with E-state index in [4.69, 9.17) is 0 Å². The molecule has 0 unspecified atom stereocenters. The number of aromatic nitrogens is 3. The molecule has 0 spiro atoms. The van der Waals surface area contributed by atoms with Crippen LogP contribution in [0.5, 0.6) is 0 Å². The fraction of sp³-hybridized carbons (Fsp3) is 0.133. The van der Waals surface area contributed by atoms with Gasteiger partial charge in [0.1, 0.15) is 5.82 Å². The van der Waals surface area contributed by atoms with Crippen molar-refractivity contribution in [3.8, 4) is 0 Å². The number of benzene rings is 1. The summed E-state index contributed by atoms with van der Waals surface area (Å²) in [5.74, 6) is 1.33. The van der Waals surface area contributed by atoms with Crippen LogP contribution < -0.4 is 10.6 Å². The van der Waals surface area contributed by atoms with Gasteiger partial charge < -0.3 is 10.6 Å². The van der Waals surface area contributed by atoms with Crippen LogP contribution in [-0.2, 0) is 0 Å². The highest BCUT2D eigenvalue weighted by molar-refractivity contribution is 9.10. The summed E-state index contributed by atoms with van der Waals surface area (Å²) in [6.45, 7) is 2.79. The number of hydrogen-bond donors (Lipinski definition) is 2. The molecule has 5 nitrogen and oxygen atoms in total. The van der Waals surface area contributed by atoms with Gasteiger partial charge in [-0.2, -0.15) is 4.98 Å². The molecule has 3 aromatic rings. The second-order valence-corrected chi connectivity index (χ2v) is 5.31. The van der Waals surface area contributed by atoms with E-state index in [1.807, 2.05) is 37.3 Å². The number of rotatable bonds is 4. The average molecular weight is 344 g/mol. The normalized spacial score (nSPS) is 10.6. The molecule has 0 fully saturated rings. The Labute approximate surface area is 131 Å². The largest absolute Gasteiger partial charge is 0.354 e. The molecule has 2 heterocycles. The SMILES string of the molecule is CCNc1ncc(Br)c(Nc2ccc3ncccc3c2)n1. The molecule has 2 aromatic heterocycles. The van der Waals surface area contributed by atoms with Crippen molar-refractivity contribution in [3.63, 3.8) is 0 Å². The van der Waals surface area contributed by atoms with Crippen molar-refractivity contribution in [1.82, 2.24) is 15.0 Å². The Balaban J connectivity index is 1.92. The molecule has 1 aromatic carbocycles. The predicted molar refractivity (Wildman–Crippen MR) is 88.9 cm³/mol. The Morgan fingerprint density at radius 1 is 1.19 bits per heavy atom. The van der Waals surface area contributed by atoms with Gasteiger partial charge in [0, 0.05) is 30.0 Å². The molecule has 0 amide bonds. The van der Waals surface area contributed by atoms with Crippen LogP contribution in [0.3, 0.4) is 0 Å². The summed E-state index contributed by atoms with van der Waals surface area (Å²) < 4.78 is 0.815. The standard InChI is InChI=1S/C15H14BrN5/c1-2-17-15-19-9-12(16)14(21-15)20-11-5-6-13-10(8-11)4-3-7-18-13/h3-9H,2H2,1H3,(H2,17,19,20,21). The smallest absolute Gasteiger partial charge is 0.224 e. The molecule has 0 radical (unpaired) electrons. The third kappa shape index (κ3) is 3.11. The van der Waals surface area contributed by atoms with Gasteiger partial charge in [-0.1, -0.05) is 6.07 Å². The second kappa shape index (κ2) is 6.05. The van der Waals surface area contributed by atoms with Crippen LogP contribution >= 0.6 is 15.9 Å². The first kappa shape index (κ1) is 13.8. The molecule has 0 aliphatic rings. The molecule has 0 aliphatic carbocycles. The van der Waals surface area contributed by atoms with E-state index in [0.29, 0.717) is 5.95 Å². The lowest BCUT2D eigenvalue weighted by Gasteiger charge is -2.10. The van der Waals surface area contributed by atoms with Gasteiger partial charge in [0.05, 0.1) is 9.99 Å². The highest BCUT2D eigenvalue weighted by Crippen LogP contribution is 2.25. The Kier molecular flexibility index (Phi) is 3.96. The highest BCUT2D eigenvalue weighted by Gasteiger charge is 2.05. The van der Waals surface area contributed by atoms with Gasteiger partial charge >= 0.3 is 0 Å². The van der Waals surface area contributed by atoms with Gasteiger partial charge in [0.2, 0.25) is 5.95 Å². The zero-order valence-electron chi connectivity index (χ0n) is 11.5. The summed E-state index contributed by atoms with van der Waals surface area (Å²) in [5.41, 5.74) is 1.93. The maximum atomic E-state index is 4.44. The van der Waals surface area contributed by atoms with Crippen molar-refractivity contribution >= 4 is 44.3 Å². The minimum atomic E-state index is 0.602. The number of fused-ring (bicyclic) bond motifs is 1. The molecular weight excluding hydrogens is 330 g/mol. The van der Waals surface area contributed by atoms with Crippen LogP contribution in [0.1, 0.15) is 6.92 Å². The van der Waals surface area contributed by atoms with Crippen molar-refractivity contribution in [2.24, 2.45) is 0 Å². The van der Waals surface area contributed by atoms with Gasteiger partial charge in [-0.25, -0.2) is 4.98 Å². The van der Waals surface area contributed by atoms with Crippen LogP contribution in [-0.4, -0.2) is 21.5 Å². The second-order valence-electron chi connectivity index (χ2n) is 4.46. The molecule has 0 saturated carbocycles. The Morgan fingerprint density at radius 2 is 2.10 bits per heavy atom. The molecule has 0 aliphatic heterocycles. The van der Waals surface area contributed by atoms with Gasteiger partial charge in [-0.15, -0.1) is 0 Å². The van der Waals surface area contributed by atoms with Crippen LogP contribution in [0.15, 0.2) is 47.2 Å². The van der Waals surface area contributed by atoms with E-state index in [-0.39, 0.29) is 0 Å². The fourth-order valence-electron chi connectivity index (χ4n) is 1.99. The zero-order valence-corrected chi connectivity index (χ0v) is 13.1. The molecule has 0 bridgehead atoms. The van der Waals surface area contributed by atoms with Crippen molar-refractivity contribution in [2.75, 3.05) is 17.2 Å². The quantitative estimate of drug-likeness (QED) is 0.750. The summed E-state index contributed by atoms with van der Waals surface area (Å²) in [4.78, 5) is 13.0. The van der Waals surface area contributed by atoms with Crippen LogP contribution in [0.4, 0.5) is 17.5 Å². The Morgan fingerprint density at radius 3 is 2.95 bits per heavy atom. The number of pyridine rings is 1. The highest BCUT2D eigenvalue weighted by atomic mass is 79.9. The molecular formula is C15H14BrN5. The van der Waals surface area contributed by atoms with E-state index >= 15 is 0 Å². The summed E-state index contributed by atoms with van der Waals surface area (Å²) >= 11 is 3.46. The van der Waals surface area contributed by atoms with Crippen molar-refractivity contribution in [2.45, 2.75) is 6.92 Å². The van der Waals surface area contributed by atoms with Crippen molar-refractivity contribution in [1.29, 1.82) is 0 Å². The monoisotopic (exact) mass is 343 g/mol. The third-order valence-corrected chi connectivity index (χ3v) is 3.53. The lowest BCUT2D eigenvalue weighted by Crippen LogP contribution is -2.04. The van der Waals surface area contributed by atoms with Crippen LogP contribution in [0.2, 0.25) is 0 Å². The third-order valence-electron chi connectivity index (χ3n) is 2.94. The number of anilines is 3. The summed E-state index contributed by atoms with van der Waals surface area (Å²) in [6.07, 6.45) is 3.52. The minimum absolute atomic E-state index is 0.602.